The number of halogens is 1. The molecule has 1 aromatic carbocycles. The molecule has 0 saturated carbocycles. The predicted octanol–water partition coefficient (Wildman–Crippen LogP) is 1.64. The first kappa shape index (κ1) is 9.27. The average Bonchev–Trinajstić information content (AvgIpc) is 2.13. The van der Waals surface area contributed by atoms with Crippen molar-refractivity contribution in [3.63, 3.8) is 0 Å². The van der Waals surface area contributed by atoms with E-state index in [2.05, 4.69) is 5.32 Å². The molecule has 1 aromatic rings. The number of methoxy groups -OCH3 is 1. The molecule has 1 N–H and O–H groups in total. The Morgan fingerprint density at radius 2 is 2.29 bits per heavy atom. The average molecular weight is 197 g/mol. The maximum Gasteiger partial charge on any atom is 0.144 e. The first-order valence-corrected chi connectivity index (χ1v) is 4.47. The van der Waals surface area contributed by atoms with Gasteiger partial charge in [-0.25, -0.2) is 4.39 Å². The second-order valence-corrected chi connectivity index (χ2v) is 3.22. The van der Waals surface area contributed by atoms with Crippen LogP contribution in [0.5, 0.6) is 5.75 Å². The molecule has 3 nitrogen and oxygen atoms in total. The molecule has 0 spiro atoms. The zero-order chi connectivity index (χ0) is 9.97. The van der Waals surface area contributed by atoms with Crippen molar-refractivity contribution in [2.45, 2.75) is 6.04 Å². The van der Waals surface area contributed by atoms with Gasteiger partial charge in [-0.1, -0.05) is 0 Å². The molecule has 14 heavy (non-hydrogen) atoms. The van der Waals surface area contributed by atoms with Gasteiger partial charge in [0, 0.05) is 6.07 Å². The summed E-state index contributed by atoms with van der Waals surface area (Å²) in [6.07, 6.45) is 0. The van der Waals surface area contributed by atoms with Crippen LogP contribution in [0.2, 0.25) is 0 Å². The fraction of sp³-hybridized carbons (Fsp3) is 0.400. The Morgan fingerprint density at radius 3 is 2.86 bits per heavy atom. The van der Waals surface area contributed by atoms with Gasteiger partial charge in [0.05, 0.1) is 32.1 Å². The van der Waals surface area contributed by atoms with E-state index in [0.717, 1.165) is 5.69 Å². The summed E-state index contributed by atoms with van der Waals surface area (Å²) in [6, 6.07) is 4.76. The minimum absolute atomic E-state index is 0.294. The molecular weight excluding hydrogens is 185 g/mol. The third-order valence-electron chi connectivity index (χ3n) is 2.16. The highest BCUT2D eigenvalue weighted by Crippen LogP contribution is 2.26. The van der Waals surface area contributed by atoms with Crippen molar-refractivity contribution in [1.82, 2.24) is 0 Å². The molecule has 1 saturated heterocycles. The standard InChI is InChI=1S/C10H12FNO2/c1-13-10-4-7(11)2-3-9(10)12-8-5-14-6-8/h2-4,8,12H,5-6H2,1H3. The van der Waals surface area contributed by atoms with Gasteiger partial charge in [-0.2, -0.15) is 0 Å². The van der Waals surface area contributed by atoms with Gasteiger partial charge in [-0.05, 0) is 12.1 Å². The number of nitrogens with one attached hydrogen (secondary N) is 1. The number of hydrogen-bond acceptors (Lipinski definition) is 3. The van der Waals surface area contributed by atoms with Crippen LogP contribution in [0.25, 0.3) is 0 Å². The van der Waals surface area contributed by atoms with Crippen molar-refractivity contribution in [2.24, 2.45) is 0 Å². The van der Waals surface area contributed by atoms with Crippen LogP contribution >= 0.6 is 0 Å². The molecular formula is C10H12FNO2. The van der Waals surface area contributed by atoms with E-state index in [1.54, 1.807) is 6.07 Å². The molecule has 0 aromatic heterocycles. The molecule has 0 radical (unpaired) electrons. The Bertz CT molecular complexity index is 326. The SMILES string of the molecule is COc1cc(F)ccc1NC1COC1. The quantitative estimate of drug-likeness (QED) is 0.799. The molecule has 1 aliphatic heterocycles. The summed E-state index contributed by atoms with van der Waals surface area (Å²) in [4.78, 5) is 0. The molecule has 1 heterocycles. The first-order chi connectivity index (χ1) is 6.79. The zero-order valence-electron chi connectivity index (χ0n) is 7.92. The number of hydrogen-bond donors (Lipinski definition) is 1. The lowest BCUT2D eigenvalue weighted by atomic mass is 10.2. The normalized spacial score (nSPS) is 16.1. The maximum absolute atomic E-state index is 12.8. The summed E-state index contributed by atoms with van der Waals surface area (Å²) in [5.74, 6) is 0.231. The fourth-order valence-electron chi connectivity index (χ4n) is 1.32. The van der Waals surface area contributed by atoms with E-state index in [1.165, 1.54) is 19.2 Å². The Labute approximate surface area is 81.8 Å². The van der Waals surface area contributed by atoms with E-state index < -0.39 is 0 Å². The van der Waals surface area contributed by atoms with Gasteiger partial charge < -0.3 is 14.8 Å². The second-order valence-electron chi connectivity index (χ2n) is 3.22. The zero-order valence-corrected chi connectivity index (χ0v) is 7.92. The van der Waals surface area contributed by atoms with Crippen molar-refractivity contribution in [1.29, 1.82) is 0 Å². The number of rotatable bonds is 3. The van der Waals surface area contributed by atoms with Gasteiger partial charge in [0.15, 0.2) is 0 Å². The van der Waals surface area contributed by atoms with Crippen molar-refractivity contribution in [3.05, 3.63) is 24.0 Å². The number of benzene rings is 1. The van der Waals surface area contributed by atoms with Crippen molar-refractivity contribution in [3.8, 4) is 5.75 Å². The minimum atomic E-state index is -0.294. The monoisotopic (exact) mass is 197 g/mol. The first-order valence-electron chi connectivity index (χ1n) is 4.47. The molecule has 1 aliphatic rings. The lowest BCUT2D eigenvalue weighted by Gasteiger charge is -2.28. The van der Waals surface area contributed by atoms with Gasteiger partial charge in [0.1, 0.15) is 11.6 Å². The molecule has 76 valence electrons. The van der Waals surface area contributed by atoms with Crippen LogP contribution in [0.15, 0.2) is 18.2 Å². The summed E-state index contributed by atoms with van der Waals surface area (Å²) in [7, 11) is 1.53. The lowest BCUT2D eigenvalue weighted by molar-refractivity contribution is 0.0210. The predicted molar refractivity (Wildman–Crippen MR) is 51.2 cm³/mol. The smallest absolute Gasteiger partial charge is 0.144 e. The highest BCUT2D eigenvalue weighted by Gasteiger charge is 2.19. The van der Waals surface area contributed by atoms with Crippen LogP contribution in [0.3, 0.4) is 0 Å². The molecule has 2 rings (SSSR count). The van der Waals surface area contributed by atoms with Gasteiger partial charge in [0.2, 0.25) is 0 Å². The largest absolute Gasteiger partial charge is 0.494 e. The Balaban J connectivity index is 2.14. The van der Waals surface area contributed by atoms with E-state index in [0.29, 0.717) is 25.0 Å². The molecule has 0 aliphatic carbocycles. The van der Waals surface area contributed by atoms with Gasteiger partial charge in [0.25, 0.3) is 0 Å². The Hall–Kier alpha value is -1.29. The van der Waals surface area contributed by atoms with E-state index in [4.69, 9.17) is 9.47 Å². The Morgan fingerprint density at radius 1 is 1.50 bits per heavy atom. The minimum Gasteiger partial charge on any atom is -0.494 e. The fourth-order valence-corrected chi connectivity index (χ4v) is 1.32. The van der Waals surface area contributed by atoms with E-state index >= 15 is 0 Å². The highest BCUT2D eigenvalue weighted by molar-refractivity contribution is 5.57. The summed E-state index contributed by atoms with van der Waals surface area (Å²) in [5.41, 5.74) is 0.808. The molecule has 1 fully saturated rings. The van der Waals surface area contributed by atoms with Crippen LogP contribution in [0, 0.1) is 5.82 Å². The lowest BCUT2D eigenvalue weighted by Crippen LogP contribution is -2.40. The molecule has 0 bridgehead atoms. The third-order valence-corrected chi connectivity index (χ3v) is 2.16. The van der Waals surface area contributed by atoms with Crippen molar-refractivity contribution < 1.29 is 13.9 Å². The maximum atomic E-state index is 12.8. The Kier molecular flexibility index (Phi) is 2.54. The van der Waals surface area contributed by atoms with E-state index in [9.17, 15) is 4.39 Å². The summed E-state index contributed by atoms with van der Waals surface area (Å²) in [5, 5.41) is 3.21. The molecule has 0 amide bonds. The van der Waals surface area contributed by atoms with Crippen LogP contribution in [-0.4, -0.2) is 26.4 Å². The van der Waals surface area contributed by atoms with Crippen LogP contribution in [0.4, 0.5) is 10.1 Å². The van der Waals surface area contributed by atoms with E-state index in [-0.39, 0.29) is 5.82 Å². The number of ether oxygens (including phenoxy) is 2. The van der Waals surface area contributed by atoms with Crippen LogP contribution < -0.4 is 10.1 Å². The van der Waals surface area contributed by atoms with Crippen LogP contribution in [-0.2, 0) is 4.74 Å². The second kappa shape index (κ2) is 3.84. The van der Waals surface area contributed by atoms with Gasteiger partial charge >= 0.3 is 0 Å². The number of anilines is 1. The topological polar surface area (TPSA) is 30.5 Å². The van der Waals surface area contributed by atoms with Gasteiger partial charge in [-0.3, -0.25) is 0 Å². The van der Waals surface area contributed by atoms with Gasteiger partial charge in [-0.15, -0.1) is 0 Å². The summed E-state index contributed by atoms with van der Waals surface area (Å²) >= 11 is 0. The van der Waals surface area contributed by atoms with Crippen molar-refractivity contribution in [2.75, 3.05) is 25.6 Å². The van der Waals surface area contributed by atoms with E-state index in [1.807, 2.05) is 0 Å². The molecule has 4 heteroatoms. The highest BCUT2D eigenvalue weighted by atomic mass is 19.1. The summed E-state index contributed by atoms with van der Waals surface area (Å²) in [6.45, 7) is 1.39. The summed E-state index contributed by atoms with van der Waals surface area (Å²) < 4.78 is 22.9. The van der Waals surface area contributed by atoms with Crippen LogP contribution in [0.1, 0.15) is 0 Å². The van der Waals surface area contributed by atoms with Crippen molar-refractivity contribution >= 4 is 5.69 Å². The third kappa shape index (κ3) is 1.80. The molecule has 0 atom stereocenters. The molecule has 0 unspecified atom stereocenters.